The number of nitrogens with zero attached hydrogens (tertiary/aromatic N) is 5. The van der Waals surface area contributed by atoms with Gasteiger partial charge in [-0.05, 0) is 39.8 Å². The molecule has 1 amide bonds. The number of hydrogen-bond donors (Lipinski definition) is 2. The van der Waals surface area contributed by atoms with Crippen LogP contribution in [0.2, 0.25) is 0 Å². The van der Waals surface area contributed by atoms with Crippen LogP contribution < -0.4 is 20.3 Å². The van der Waals surface area contributed by atoms with E-state index in [2.05, 4.69) is 44.4 Å². The Hall–Kier alpha value is -3.20. The van der Waals surface area contributed by atoms with Crippen LogP contribution in [-0.2, 0) is 0 Å². The molecule has 1 saturated heterocycles. The zero-order valence-corrected chi connectivity index (χ0v) is 17.7. The van der Waals surface area contributed by atoms with Crippen LogP contribution in [0.25, 0.3) is 5.52 Å². The number of fused-ring (bicyclic) bond motifs is 1. The Balaban J connectivity index is 1.53. The minimum atomic E-state index is -0.300. The van der Waals surface area contributed by atoms with E-state index in [9.17, 15) is 4.79 Å². The molecule has 9 heteroatoms. The first-order chi connectivity index (χ1) is 14.4. The first kappa shape index (κ1) is 20.1. The summed E-state index contributed by atoms with van der Waals surface area (Å²) < 4.78 is 7.37. The third-order valence-corrected chi connectivity index (χ3v) is 4.99. The normalized spacial score (nSPS) is 19.1. The Labute approximate surface area is 175 Å². The molecule has 0 bridgehead atoms. The molecule has 30 heavy (non-hydrogen) atoms. The highest BCUT2D eigenvalue weighted by molar-refractivity contribution is 6.06. The first-order valence-corrected chi connectivity index (χ1v) is 10.2. The Bertz CT molecular complexity index is 1040. The van der Waals surface area contributed by atoms with Crippen LogP contribution in [0.4, 0.5) is 11.6 Å². The van der Waals surface area contributed by atoms with Crippen molar-refractivity contribution in [2.24, 2.45) is 0 Å². The number of anilines is 2. The molecule has 4 heterocycles. The number of aryl methyl sites for hydroxylation is 1. The number of carbonyl (C=O) groups excluding carboxylic acids is 1. The van der Waals surface area contributed by atoms with Gasteiger partial charge in [0, 0.05) is 25.2 Å². The minimum absolute atomic E-state index is 0.300. The molecule has 1 fully saturated rings. The summed E-state index contributed by atoms with van der Waals surface area (Å²) in [5.74, 6) is 1.37. The smallest absolute Gasteiger partial charge is 0.260 e. The quantitative estimate of drug-likeness (QED) is 0.667. The number of rotatable bonds is 5. The van der Waals surface area contributed by atoms with Gasteiger partial charge in [-0.2, -0.15) is 5.10 Å². The van der Waals surface area contributed by atoms with Gasteiger partial charge in [0.1, 0.15) is 11.6 Å². The van der Waals surface area contributed by atoms with E-state index in [0.29, 0.717) is 35.8 Å². The molecule has 0 aliphatic carbocycles. The molecule has 9 nitrogen and oxygen atoms in total. The third kappa shape index (κ3) is 4.20. The van der Waals surface area contributed by atoms with Gasteiger partial charge >= 0.3 is 0 Å². The van der Waals surface area contributed by atoms with Crippen molar-refractivity contribution < 1.29 is 9.53 Å². The average molecular weight is 409 g/mol. The highest BCUT2D eigenvalue weighted by Gasteiger charge is 2.22. The van der Waals surface area contributed by atoms with E-state index >= 15 is 0 Å². The minimum Gasteiger partial charge on any atom is -0.491 e. The first-order valence-electron chi connectivity index (χ1n) is 10.2. The summed E-state index contributed by atoms with van der Waals surface area (Å²) in [6.45, 7) is 10.3. The van der Waals surface area contributed by atoms with E-state index in [1.165, 1.54) is 0 Å². The molecular weight excluding hydrogens is 382 g/mol. The van der Waals surface area contributed by atoms with Gasteiger partial charge in [0.25, 0.3) is 5.91 Å². The monoisotopic (exact) mass is 409 g/mol. The largest absolute Gasteiger partial charge is 0.491 e. The topological polar surface area (TPSA) is 96.7 Å². The fraction of sp³-hybridized carbons (Fsp3) is 0.429. The SMILES string of the molecule is CCOc1cn2nc(C)cc2cc1C(=O)Nc1cnc(N2C[C@@H](C)N[C@@H](C)C2)cn1. The second-order valence-electron chi connectivity index (χ2n) is 7.73. The van der Waals surface area contributed by atoms with Gasteiger partial charge in [0.15, 0.2) is 5.82 Å². The second kappa shape index (κ2) is 8.27. The summed E-state index contributed by atoms with van der Waals surface area (Å²) >= 11 is 0. The molecule has 1 aliphatic heterocycles. The van der Waals surface area contributed by atoms with Crippen molar-refractivity contribution in [2.45, 2.75) is 39.8 Å². The molecule has 1 aliphatic rings. The van der Waals surface area contributed by atoms with Gasteiger partial charge in [-0.1, -0.05) is 0 Å². The van der Waals surface area contributed by atoms with Gasteiger partial charge < -0.3 is 20.3 Å². The van der Waals surface area contributed by atoms with E-state index in [0.717, 1.165) is 30.1 Å². The molecule has 0 unspecified atom stereocenters. The van der Waals surface area contributed by atoms with Crippen LogP contribution in [0.1, 0.15) is 36.8 Å². The molecule has 158 valence electrons. The standard InChI is InChI=1S/C21H27N7O2/c1-5-30-18-12-28-16(6-13(2)26-28)7-17(18)21(29)25-19-8-23-20(9-22-19)27-10-14(3)24-15(4)11-27/h6-9,12,14-15,24H,5,10-11H2,1-4H3,(H,22,25,29)/t14-,15+. The van der Waals surface area contributed by atoms with Gasteiger partial charge in [-0.15, -0.1) is 0 Å². The number of pyridine rings is 1. The van der Waals surface area contributed by atoms with Crippen LogP contribution in [-0.4, -0.2) is 57.3 Å². The molecular formula is C21H27N7O2. The number of carbonyl (C=O) groups is 1. The van der Waals surface area contributed by atoms with Crippen molar-refractivity contribution in [2.75, 3.05) is 29.9 Å². The van der Waals surface area contributed by atoms with Crippen molar-refractivity contribution in [3.8, 4) is 5.75 Å². The average Bonchev–Trinajstić information content (AvgIpc) is 3.06. The van der Waals surface area contributed by atoms with Crippen LogP contribution >= 0.6 is 0 Å². The number of ether oxygens (including phenoxy) is 1. The van der Waals surface area contributed by atoms with Crippen molar-refractivity contribution in [3.63, 3.8) is 0 Å². The van der Waals surface area contributed by atoms with Crippen LogP contribution in [0.15, 0.2) is 30.7 Å². The predicted octanol–water partition coefficient (Wildman–Crippen LogP) is 2.27. The molecule has 3 aromatic rings. The maximum atomic E-state index is 12.9. The number of hydrogen-bond acceptors (Lipinski definition) is 7. The fourth-order valence-electron chi connectivity index (χ4n) is 3.84. The summed E-state index contributed by atoms with van der Waals surface area (Å²) in [5.41, 5.74) is 2.12. The van der Waals surface area contributed by atoms with Crippen LogP contribution in [0.5, 0.6) is 5.75 Å². The molecule has 0 spiro atoms. The summed E-state index contributed by atoms with van der Waals surface area (Å²) in [7, 11) is 0. The molecule has 0 saturated carbocycles. The Morgan fingerprint density at radius 1 is 1.23 bits per heavy atom. The molecule has 0 aromatic carbocycles. The van der Waals surface area contributed by atoms with E-state index < -0.39 is 0 Å². The highest BCUT2D eigenvalue weighted by Crippen LogP contribution is 2.23. The lowest BCUT2D eigenvalue weighted by atomic mass is 10.1. The van der Waals surface area contributed by atoms with Crippen molar-refractivity contribution in [1.82, 2.24) is 24.9 Å². The van der Waals surface area contributed by atoms with Gasteiger partial charge in [-0.25, -0.2) is 14.5 Å². The van der Waals surface area contributed by atoms with Crippen LogP contribution in [0, 0.1) is 6.92 Å². The lowest BCUT2D eigenvalue weighted by Crippen LogP contribution is -2.54. The molecule has 3 aromatic heterocycles. The summed E-state index contributed by atoms with van der Waals surface area (Å²) in [4.78, 5) is 24.0. The summed E-state index contributed by atoms with van der Waals surface area (Å²) in [6, 6.07) is 4.45. The molecule has 2 atom stereocenters. The van der Waals surface area contributed by atoms with Crippen molar-refractivity contribution >= 4 is 23.1 Å². The Kier molecular flexibility index (Phi) is 5.54. The lowest BCUT2D eigenvalue weighted by Gasteiger charge is -2.36. The fourth-order valence-corrected chi connectivity index (χ4v) is 3.84. The zero-order valence-electron chi connectivity index (χ0n) is 17.7. The highest BCUT2D eigenvalue weighted by atomic mass is 16.5. The van der Waals surface area contributed by atoms with Gasteiger partial charge in [-0.3, -0.25) is 4.79 Å². The van der Waals surface area contributed by atoms with Crippen molar-refractivity contribution in [3.05, 3.63) is 42.0 Å². The summed E-state index contributed by atoms with van der Waals surface area (Å²) in [5, 5.41) is 10.7. The van der Waals surface area contributed by atoms with Gasteiger partial charge in [0.2, 0.25) is 0 Å². The van der Waals surface area contributed by atoms with E-state index in [1.807, 2.05) is 19.9 Å². The summed E-state index contributed by atoms with van der Waals surface area (Å²) in [6.07, 6.45) is 5.02. The van der Waals surface area contributed by atoms with Crippen molar-refractivity contribution in [1.29, 1.82) is 0 Å². The molecule has 2 N–H and O–H groups in total. The Morgan fingerprint density at radius 3 is 2.67 bits per heavy atom. The maximum Gasteiger partial charge on any atom is 0.260 e. The maximum absolute atomic E-state index is 12.9. The van der Waals surface area contributed by atoms with Crippen LogP contribution in [0.3, 0.4) is 0 Å². The van der Waals surface area contributed by atoms with E-state index in [-0.39, 0.29) is 5.91 Å². The number of aromatic nitrogens is 4. The van der Waals surface area contributed by atoms with E-state index in [4.69, 9.17) is 4.74 Å². The Morgan fingerprint density at radius 2 is 2.00 bits per heavy atom. The molecule has 0 radical (unpaired) electrons. The third-order valence-electron chi connectivity index (χ3n) is 4.99. The number of piperazine rings is 1. The molecule has 4 rings (SSSR count). The second-order valence-corrected chi connectivity index (χ2v) is 7.73. The lowest BCUT2D eigenvalue weighted by molar-refractivity contribution is 0.102. The van der Waals surface area contributed by atoms with E-state index in [1.54, 1.807) is 29.2 Å². The predicted molar refractivity (Wildman–Crippen MR) is 115 cm³/mol. The number of nitrogens with one attached hydrogen (secondary N) is 2. The number of amides is 1. The van der Waals surface area contributed by atoms with Gasteiger partial charge in [0.05, 0.1) is 42.0 Å². The zero-order chi connectivity index (χ0) is 21.3.